The zero-order chi connectivity index (χ0) is 7.98. The molecule has 1 unspecified atom stereocenters. The van der Waals surface area contributed by atoms with Crippen molar-refractivity contribution in [2.24, 2.45) is 0 Å². The van der Waals surface area contributed by atoms with Crippen molar-refractivity contribution in [2.75, 3.05) is 13.6 Å². The third-order valence-electron chi connectivity index (χ3n) is 0.970. The minimum Gasteiger partial charge on any atom is -0.457 e. The van der Waals surface area contributed by atoms with Gasteiger partial charge in [0, 0.05) is 0 Å². The molecule has 58 valence electrons. The Balaban J connectivity index is 3.46. The lowest BCUT2D eigenvalue weighted by atomic mass is 10.4. The highest BCUT2D eigenvalue weighted by Gasteiger charge is 2.02. The molecule has 0 bridgehead atoms. The third-order valence-corrected chi connectivity index (χ3v) is 0.970. The van der Waals surface area contributed by atoms with Gasteiger partial charge in [0.25, 0.3) is 0 Å². The Bertz CT molecular complexity index is 123. The second-order valence-corrected chi connectivity index (χ2v) is 1.96. The van der Waals surface area contributed by atoms with Crippen LogP contribution in [0.3, 0.4) is 0 Å². The normalized spacial score (nSPS) is 12.2. The lowest BCUT2D eigenvalue weighted by Gasteiger charge is -2.07. The minimum atomic E-state index is -0.255. The largest absolute Gasteiger partial charge is 0.457 e. The quantitative estimate of drug-likeness (QED) is 0.455. The van der Waals surface area contributed by atoms with Gasteiger partial charge in [-0.05, 0) is 14.0 Å². The standard InChI is InChI=1S/C7H13NO2/c1-4-6(2)10-7(9)5-8-3/h4,6,8H,1,5H2,2-3H3. The van der Waals surface area contributed by atoms with Gasteiger partial charge in [0.15, 0.2) is 0 Å². The van der Waals surface area contributed by atoms with E-state index < -0.39 is 0 Å². The average molecular weight is 143 g/mol. The molecule has 3 nitrogen and oxygen atoms in total. The van der Waals surface area contributed by atoms with Crippen molar-refractivity contribution in [3.05, 3.63) is 12.7 Å². The van der Waals surface area contributed by atoms with Gasteiger partial charge in [0.05, 0.1) is 6.54 Å². The van der Waals surface area contributed by atoms with E-state index in [-0.39, 0.29) is 18.6 Å². The first-order valence-electron chi connectivity index (χ1n) is 3.17. The molecule has 0 radical (unpaired) electrons. The van der Waals surface area contributed by atoms with Crippen LogP contribution in [-0.2, 0) is 9.53 Å². The van der Waals surface area contributed by atoms with Crippen LogP contribution in [0.1, 0.15) is 6.92 Å². The molecule has 0 aromatic carbocycles. The summed E-state index contributed by atoms with van der Waals surface area (Å²) in [7, 11) is 1.69. The van der Waals surface area contributed by atoms with Crippen molar-refractivity contribution in [3.63, 3.8) is 0 Å². The maximum atomic E-state index is 10.7. The number of ether oxygens (including phenoxy) is 1. The summed E-state index contributed by atoms with van der Waals surface area (Å²) in [6.45, 7) is 5.49. The molecule has 1 atom stereocenters. The molecule has 0 aliphatic rings. The Hall–Kier alpha value is -0.830. The number of likely N-dealkylation sites (N-methyl/N-ethyl adjacent to an activating group) is 1. The van der Waals surface area contributed by atoms with Crippen molar-refractivity contribution >= 4 is 5.97 Å². The van der Waals surface area contributed by atoms with Gasteiger partial charge in [0.1, 0.15) is 6.10 Å². The molecular weight excluding hydrogens is 130 g/mol. The predicted octanol–water partition coefficient (Wildman–Crippen LogP) is 0.323. The highest BCUT2D eigenvalue weighted by atomic mass is 16.5. The van der Waals surface area contributed by atoms with Crippen molar-refractivity contribution in [3.8, 4) is 0 Å². The summed E-state index contributed by atoms with van der Waals surface area (Å²) in [5.41, 5.74) is 0. The topological polar surface area (TPSA) is 38.3 Å². The van der Waals surface area contributed by atoms with Crippen LogP contribution in [0.5, 0.6) is 0 Å². The van der Waals surface area contributed by atoms with Gasteiger partial charge < -0.3 is 10.1 Å². The molecule has 0 aliphatic carbocycles. The smallest absolute Gasteiger partial charge is 0.320 e. The maximum absolute atomic E-state index is 10.7. The molecule has 0 aromatic rings. The zero-order valence-electron chi connectivity index (χ0n) is 6.39. The highest BCUT2D eigenvalue weighted by molar-refractivity contribution is 5.71. The van der Waals surface area contributed by atoms with E-state index in [0.717, 1.165) is 0 Å². The fraction of sp³-hybridized carbons (Fsp3) is 0.571. The number of rotatable bonds is 4. The second-order valence-electron chi connectivity index (χ2n) is 1.96. The number of carbonyl (C=O) groups is 1. The Morgan fingerprint density at radius 1 is 1.90 bits per heavy atom. The molecule has 0 aromatic heterocycles. The van der Waals surface area contributed by atoms with Gasteiger partial charge in [0.2, 0.25) is 0 Å². The second kappa shape index (κ2) is 4.99. The number of nitrogens with one attached hydrogen (secondary N) is 1. The van der Waals surface area contributed by atoms with Crippen molar-refractivity contribution in [1.29, 1.82) is 0 Å². The first-order chi connectivity index (χ1) is 4.70. The Labute approximate surface area is 61.1 Å². The third kappa shape index (κ3) is 4.09. The molecule has 0 amide bonds. The van der Waals surface area contributed by atoms with E-state index in [1.807, 2.05) is 0 Å². The summed E-state index contributed by atoms with van der Waals surface area (Å²) < 4.78 is 4.82. The van der Waals surface area contributed by atoms with Crippen LogP contribution < -0.4 is 5.32 Å². The molecular formula is C7H13NO2. The van der Waals surface area contributed by atoms with Crippen LogP contribution in [0.15, 0.2) is 12.7 Å². The van der Waals surface area contributed by atoms with E-state index in [1.165, 1.54) is 0 Å². The van der Waals surface area contributed by atoms with Crippen LogP contribution >= 0.6 is 0 Å². The molecule has 0 saturated heterocycles. The van der Waals surface area contributed by atoms with E-state index in [0.29, 0.717) is 0 Å². The number of carbonyl (C=O) groups excluding carboxylic acids is 1. The van der Waals surface area contributed by atoms with E-state index in [9.17, 15) is 4.79 Å². The number of esters is 1. The maximum Gasteiger partial charge on any atom is 0.320 e. The van der Waals surface area contributed by atoms with Gasteiger partial charge in [-0.15, -0.1) is 0 Å². The molecule has 0 saturated carbocycles. The Morgan fingerprint density at radius 2 is 2.50 bits per heavy atom. The monoisotopic (exact) mass is 143 g/mol. The fourth-order valence-corrected chi connectivity index (χ4v) is 0.441. The molecule has 10 heavy (non-hydrogen) atoms. The van der Waals surface area contributed by atoms with Gasteiger partial charge in [-0.3, -0.25) is 4.79 Å². The zero-order valence-corrected chi connectivity index (χ0v) is 6.39. The predicted molar refractivity (Wildman–Crippen MR) is 39.7 cm³/mol. The molecule has 1 N–H and O–H groups in total. The summed E-state index contributed by atoms with van der Waals surface area (Å²) in [6, 6.07) is 0. The van der Waals surface area contributed by atoms with Crippen molar-refractivity contribution < 1.29 is 9.53 Å². The van der Waals surface area contributed by atoms with E-state index in [4.69, 9.17) is 4.74 Å². The minimum absolute atomic E-state index is 0.194. The van der Waals surface area contributed by atoms with Gasteiger partial charge >= 0.3 is 5.97 Å². The highest BCUT2D eigenvalue weighted by Crippen LogP contribution is 1.90. The van der Waals surface area contributed by atoms with E-state index >= 15 is 0 Å². The van der Waals surface area contributed by atoms with Crippen LogP contribution in [0.2, 0.25) is 0 Å². The molecule has 0 aliphatic heterocycles. The van der Waals surface area contributed by atoms with E-state index in [2.05, 4.69) is 11.9 Å². The van der Waals surface area contributed by atoms with Crippen LogP contribution in [-0.4, -0.2) is 25.7 Å². The molecule has 0 heterocycles. The summed E-state index contributed by atoms with van der Waals surface area (Å²) in [5.74, 6) is -0.255. The lowest BCUT2D eigenvalue weighted by molar-refractivity contribution is -0.144. The van der Waals surface area contributed by atoms with Crippen molar-refractivity contribution in [1.82, 2.24) is 5.32 Å². The fourth-order valence-electron chi connectivity index (χ4n) is 0.441. The first kappa shape index (κ1) is 9.17. The summed E-state index contributed by atoms with van der Waals surface area (Å²) >= 11 is 0. The molecule has 0 spiro atoms. The number of hydrogen-bond donors (Lipinski definition) is 1. The van der Waals surface area contributed by atoms with Gasteiger partial charge in [-0.25, -0.2) is 0 Å². The molecule has 0 fully saturated rings. The number of hydrogen-bond acceptors (Lipinski definition) is 3. The Kier molecular flexibility index (Phi) is 4.58. The van der Waals surface area contributed by atoms with Gasteiger partial charge in [-0.1, -0.05) is 12.7 Å². The summed E-state index contributed by atoms with van der Waals surface area (Å²) in [5, 5.41) is 2.69. The van der Waals surface area contributed by atoms with Crippen LogP contribution in [0.4, 0.5) is 0 Å². The summed E-state index contributed by atoms with van der Waals surface area (Å²) in [4.78, 5) is 10.7. The van der Waals surface area contributed by atoms with Crippen LogP contribution in [0.25, 0.3) is 0 Å². The summed E-state index contributed by atoms with van der Waals surface area (Å²) in [6.07, 6.45) is 1.38. The van der Waals surface area contributed by atoms with Gasteiger partial charge in [-0.2, -0.15) is 0 Å². The molecule has 0 rings (SSSR count). The first-order valence-corrected chi connectivity index (χ1v) is 3.17. The van der Waals surface area contributed by atoms with Crippen molar-refractivity contribution in [2.45, 2.75) is 13.0 Å². The molecule has 3 heteroatoms. The Morgan fingerprint density at radius 3 is 2.90 bits per heavy atom. The average Bonchev–Trinajstić information content (AvgIpc) is 1.88. The SMILES string of the molecule is C=CC(C)OC(=O)CNC. The van der Waals surface area contributed by atoms with Crippen LogP contribution in [0, 0.1) is 0 Å². The van der Waals surface area contributed by atoms with E-state index in [1.54, 1.807) is 20.0 Å². The lowest BCUT2D eigenvalue weighted by Crippen LogP contribution is -2.23.